The lowest BCUT2D eigenvalue weighted by Gasteiger charge is -2.22. The number of fused-ring (bicyclic) bond motifs is 1. The summed E-state index contributed by atoms with van der Waals surface area (Å²) in [6.45, 7) is 0.978. The Morgan fingerprint density at radius 3 is 2.79 bits per heavy atom. The lowest BCUT2D eigenvalue weighted by Crippen LogP contribution is -2.41. The Bertz CT molecular complexity index is 579. The highest BCUT2D eigenvalue weighted by Gasteiger charge is 2.20. The van der Waals surface area contributed by atoms with Crippen molar-refractivity contribution in [3.05, 3.63) is 48.0 Å². The van der Waals surface area contributed by atoms with Gasteiger partial charge in [-0.05, 0) is 35.7 Å². The molecule has 1 aliphatic heterocycles. The lowest BCUT2D eigenvalue weighted by molar-refractivity contribution is -0.120. The average molecular weight is 253 g/mol. The van der Waals surface area contributed by atoms with Gasteiger partial charge in [-0.25, -0.2) is 0 Å². The second-order valence-electron chi connectivity index (χ2n) is 5.28. The Hall–Kier alpha value is -1.67. The maximum atomic E-state index is 12.3. The number of rotatable bonds is 3. The van der Waals surface area contributed by atoms with Crippen LogP contribution in [0.4, 0.5) is 0 Å². The van der Waals surface area contributed by atoms with E-state index in [1.54, 1.807) is 0 Å². The molecule has 0 spiro atoms. The number of Topliss-reactive ketones (excluding diaryl/α,β-unsaturated/α-hetero) is 1. The molecule has 2 nitrogen and oxygen atoms in total. The largest absolute Gasteiger partial charge is 0.307 e. The van der Waals surface area contributed by atoms with Gasteiger partial charge in [0.15, 0.2) is 5.78 Å². The highest BCUT2D eigenvalue weighted by atomic mass is 16.1. The first-order chi connectivity index (χ1) is 9.34. The first-order valence-electron chi connectivity index (χ1n) is 7.07. The first-order valence-corrected chi connectivity index (χ1v) is 7.07. The summed E-state index contributed by atoms with van der Waals surface area (Å²) in [7, 11) is 0. The van der Waals surface area contributed by atoms with Gasteiger partial charge < -0.3 is 5.32 Å². The van der Waals surface area contributed by atoms with E-state index in [-0.39, 0.29) is 6.04 Å². The number of piperidine rings is 1. The molecule has 98 valence electrons. The first kappa shape index (κ1) is 12.4. The number of carbonyl (C=O) groups is 1. The van der Waals surface area contributed by atoms with Crippen LogP contribution in [0.2, 0.25) is 0 Å². The highest BCUT2D eigenvalue weighted by molar-refractivity contribution is 5.92. The van der Waals surface area contributed by atoms with Crippen molar-refractivity contribution in [2.24, 2.45) is 0 Å². The van der Waals surface area contributed by atoms with Crippen LogP contribution in [0, 0.1) is 0 Å². The Balaban J connectivity index is 1.82. The van der Waals surface area contributed by atoms with Gasteiger partial charge >= 0.3 is 0 Å². The van der Waals surface area contributed by atoms with Crippen molar-refractivity contribution in [2.45, 2.75) is 31.7 Å². The maximum absolute atomic E-state index is 12.3. The van der Waals surface area contributed by atoms with Crippen LogP contribution in [0.15, 0.2) is 42.5 Å². The highest BCUT2D eigenvalue weighted by Crippen LogP contribution is 2.20. The molecule has 3 rings (SSSR count). The SMILES string of the molecule is O=C(Cc1cccc2ccccc12)C1CCCCN1. The molecular weight excluding hydrogens is 234 g/mol. The fraction of sp³-hybridized carbons (Fsp3) is 0.353. The number of benzene rings is 2. The molecule has 1 fully saturated rings. The predicted octanol–water partition coefficient (Wildman–Crippen LogP) is 3.09. The molecule has 1 saturated heterocycles. The molecule has 0 bridgehead atoms. The number of hydrogen-bond donors (Lipinski definition) is 1. The molecule has 0 radical (unpaired) electrons. The van der Waals surface area contributed by atoms with Gasteiger partial charge in [0, 0.05) is 6.42 Å². The summed E-state index contributed by atoms with van der Waals surface area (Å²) >= 11 is 0. The van der Waals surface area contributed by atoms with Gasteiger partial charge in [0.25, 0.3) is 0 Å². The van der Waals surface area contributed by atoms with E-state index in [0.29, 0.717) is 12.2 Å². The Labute approximate surface area is 113 Å². The maximum Gasteiger partial charge on any atom is 0.154 e. The van der Waals surface area contributed by atoms with E-state index < -0.39 is 0 Å². The average Bonchev–Trinajstić information content (AvgIpc) is 2.48. The second-order valence-corrected chi connectivity index (χ2v) is 5.28. The molecule has 2 aromatic carbocycles. The summed E-state index contributed by atoms with van der Waals surface area (Å²) in [4.78, 5) is 12.3. The molecule has 2 heteroatoms. The van der Waals surface area contributed by atoms with Gasteiger partial charge in [0.05, 0.1) is 6.04 Å². The van der Waals surface area contributed by atoms with Crippen LogP contribution in [0.25, 0.3) is 10.8 Å². The number of hydrogen-bond acceptors (Lipinski definition) is 2. The third-order valence-corrected chi connectivity index (χ3v) is 3.94. The second kappa shape index (κ2) is 5.54. The van der Waals surface area contributed by atoms with Crippen LogP contribution >= 0.6 is 0 Å². The van der Waals surface area contributed by atoms with Gasteiger partial charge in [-0.3, -0.25) is 4.79 Å². The Morgan fingerprint density at radius 2 is 1.95 bits per heavy atom. The summed E-state index contributed by atoms with van der Waals surface area (Å²) in [5.41, 5.74) is 1.15. The molecule has 2 aromatic rings. The summed E-state index contributed by atoms with van der Waals surface area (Å²) in [6.07, 6.45) is 3.89. The minimum absolute atomic E-state index is 0.0627. The fourth-order valence-corrected chi connectivity index (χ4v) is 2.88. The molecule has 0 saturated carbocycles. The van der Waals surface area contributed by atoms with Crippen molar-refractivity contribution in [3.8, 4) is 0 Å². The lowest BCUT2D eigenvalue weighted by atomic mass is 9.94. The number of ketones is 1. The van der Waals surface area contributed by atoms with E-state index in [1.165, 1.54) is 23.6 Å². The van der Waals surface area contributed by atoms with Crippen LogP contribution < -0.4 is 5.32 Å². The van der Waals surface area contributed by atoms with Crippen LogP contribution in [0.1, 0.15) is 24.8 Å². The molecule has 1 aliphatic rings. The normalized spacial score (nSPS) is 19.5. The fourth-order valence-electron chi connectivity index (χ4n) is 2.88. The van der Waals surface area contributed by atoms with Crippen molar-refractivity contribution in [1.82, 2.24) is 5.32 Å². The zero-order chi connectivity index (χ0) is 13.1. The molecule has 1 heterocycles. The monoisotopic (exact) mass is 253 g/mol. The van der Waals surface area contributed by atoms with E-state index in [1.807, 2.05) is 18.2 Å². The van der Waals surface area contributed by atoms with Crippen molar-refractivity contribution in [2.75, 3.05) is 6.54 Å². The molecule has 0 aromatic heterocycles. The van der Waals surface area contributed by atoms with Crippen LogP contribution in [0.5, 0.6) is 0 Å². The van der Waals surface area contributed by atoms with Gasteiger partial charge in [-0.2, -0.15) is 0 Å². The van der Waals surface area contributed by atoms with Crippen molar-refractivity contribution >= 4 is 16.6 Å². The summed E-state index contributed by atoms with van der Waals surface area (Å²) in [5, 5.41) is 5.75. The Kier molecular flexibility index (Phi) is 3.60. The van der Waals surface area contributed by atoms with E-state index in [4.69, 9.17) is 0 Å². The van der Waals surface area contributed by atoms with Crippen molar-refractivity contribution in [3.63, 3.8) is 0 Å². The summed E-state index contributed by atoms with van der Waals surface area (Å²) < 4.78 is 0. The zero-order valence-corrected chi connectivity index (χ0v) is 11.1. The third kappa shape index (κ3) is 2.69. The van der Waals surface area contributed by atoms with Gasteiger partial charge in [0.2, 0.25) is 0 Å². The summed E-state index contributed by atoms with van der Waals surface area (Å²) in [5.74, 6) is 0.330. The Morgan fingerprint density at radius 1 is 1.11 bits per heavy atom. The van der Waals surface area contributed by atoms with Gasteiger partial charge in [-0.1, -0.05) is 48.9 Å². The molecular formula is C17H19NO. The molecule has 1 unspecified atom stereocenters. The van der Waals surface area contributed by atoms with E-state index in [0.717, 1.165) is 18.5 Å². The minimum Gasteiger partial charge on any atom is -0.307 e. The van der Waals surface area contributed by atoms with E-state index in [2.05, 4.69) is 29.6 Å². The van der Waals surface area contributed by atoms with E-state index >= 15 is 0 Å². The molecule has 1 atom stereocenters. The number of nitrogens with one attached hydrogen (secondary N) is 1. The topological polar surface area (TPSA) is 29.1 Å². The van der Waals surface area contributed by atoms with E-state index in [9.17, 15) is 4.79 Å². The van der Waals surface area contributed by atoms with Gasteiger partial charge in [-0.15, -0.1) is 0 Å². The van der Waals surface area contributed by atoms with Crippen LogP contribution in [0.3, 0.4) is 0 Å². The van der Waals surface area contributed by atoms with Crippen LogP contribution in [-0.2, 0) is 11.2 Å². The van der Waals surface area contributed by atoms with Crippen molar-refractivity contribution < 1.29 is 4.79 Å². The molecule has 0 aliphatic carbocycles. The quantitative estimate of drug-likeness (QED) is 0.910. The molecule has 19 heavy (non-hydrogen) atoms. The summed E-state index contributed by atoms with van der Waals surface area (Å²) in [6, 6.07) is 14.6. The minimum atomic E-state index is 0.0627. The van der Waals surface area contributed by atoms with Crippen LogP contribution in [-0.4, -0.2) is 18.4 Å². The number of carbonyl (C=O) groups excluding carboxylic acids is 1. The smallest absolute Gasteiger partial charge is 0.154 e. The zero-order valence-electron chi connectivity index (χ0n) is 11.1. The molecule has 1 N–H and O–H groups in total. The van der Waals surface area contributed by atoms with Crippen molar-refractivity contribution in [1.29, 1.82) is 0 Å². The predicted molar refractivity (Wildman–Crippen MR) is 78.3 cm³/mol. The third-order valence-electron chi connectivity index (χ3n) is 3.94. The van der Waals surface area contributed by atoms with Gasteiger partial charge in [0.1, 0.15) is 0 Å². The molecule has 0 amide bonds. The standard InChI is InChI=1S/C17H19NO/c19-17(16-10-3-4-11-18-16)12-14-8-5-7-13-6-1-2-9-15(13)14/h1-2,5-9,16,18H,3-4,10-12H2.